The molecule has 7 heteroatoms. The minimum Gasteiger partial charge on any atom is -0.354 e. The molecule has 4 heterocycles. The molecular weight excluding hydrogens is 466 g/mol. The molecule has 3 aromatic heterocycles. The normalized spacial score (nSPS) is 15.9. The van der Waals surface area contributed by atoms with Crippen molar-refractivity contribution in [1.29, 1.82) is 0 Å². The number of Topliss-reactive ketones (excluding diaryl/α,β-unsaturated/α-hetero) is 1. The first-order valence-corrected chi connectivity index (χ1v) is 11.7. The van der Waals surface area contributed by atoms with Crippen molar-refractivity contribution < 1.29 is 4.79 Å². The Kier molecular flexibility index (Phi) is 5.95. The second-order valence-corrected chi connectivity index (χ2v) is 9.30. The first kappa shape index (κ1) is 21.1. The molecule has 0 unspecified atom stereocenters. The number of aromatic amines is 1. The number of rotatable bonds is 6. The molecule has 1 N–H and O–H groups in total. The standard InChI is InChI=1S/C25H26BrN5O/c1-29-12-14-30(15-13-29)11-9-23(32)25-20-7-5-18(26)16-22(20)28-21(25)8-6-19-17-31-10-3-2-4-24(31)27-19/h2-8,10,16-17,28H,9,11-15H2,1H3/b8-6+. The van der Waals surface area contributed by atoms with Crippen LogP contribution in [0.25, 0.3) is 28.7 Å². The number of nitrogens with zero attached hydrogens (tertiary/aromatic N) is 4. The highest BCUT2D eigenvalue weighted by Gasteiger charge is 2.20. The number of likely N-dealkylation sites (N-methyl/N-ethyl adjacent to an activating group) is 1. The van der Waals surface area contributed by atoms with Gasteiger partial charge in [0.05, 0.1) is 17.0 Å². The smallest absolute Gasteiger partial charge is 0.166 e. The molecule has 0 radical (unpaired) electrons. The fraction of sp³-hybridized carbons (Fsp3) is 0.280. The second kappa shape index (κ2) is 9.02. The summed E-state index contributed by atoms with van der Waals surface area (Å²) in [5.74, 6) is 0.173. The van der Waals surface area contributed by atoms with E-state index in [4.69, 9.17) is 0 Å². The Balaban J connectivity index is 1.42. The van der Waals surface area contributed by atoms with Crippen LogP contribution in [0.4, 0.5) is 0 Å². The molecule has 164 valence electrons. The number of halogens is 1. The molecule has 4 aromatic rings. The Morgan fingerprint density at radius 2 is 2.00 bits per heavy atom. The molecule has 1 fully saturated rings. The molecule has 0 bridgehead atoms. The first-order chi connectivity index (χ1) is 15.6. The maximum atomic E-state index is 13.4. The number of benzene rings is 1. The van der Waals surface area contributed by atoms with Gasteiger partial charge in [0.2, 0.25) is 0 Å². The zero-order valence-corrected chi connectivity index (χ0v) is 19.7. The summed E-state index contributed by atoms with van der Waals surface area (Å²) in [6.45, 7) is 4.95. The molecule has 1 aromatic carbocycles. The van der Waals surface area contributed by atoms with Gasteiger partial charge in [-0.05, 0) is 43.5 Å². The summed E-state index contributed by atoms with van der Waals surface area (Å²) in [7, 11) is 2.15. The lowest BCUT2D eigenvalue weighted by Gasteiger charge is -2.32. The molecule has 0 aliphatic carbocycles. The minimum atomic E-state index is 0.173. The van der Waals surface area contributed by atoms with Crippen LogP contribution in [-0.2, 0) is 0 Å². The van der Waals surface area contributed by atoms with Crippen LogP contribution in [0.15, 0.2) is 53.3 Å². The predicted molar refractivity (Wildman–Crippen MR) is 133 cm³/mol. The number of hydrogen-bond acceptors (Lipinski definition) is 4. The Labute approximate surface area is 195 Å². The molecule has 1 saturated heterocycles. The average molecular weight is 492 g/mol. The van der Waals surface area contributed by atoms with Gasteiger partial charge in [-0.3, -0.25) is 4.79 Å². The largest absolute Gasteiger partial charge is 0.354 e. The summed E-state index contributed by atoms with van der Waals surface area (Å²) in [6.07, 6.45) is 8.41. The number of pyridine rings is 1. The van der Waals surface area contributed by atoms with Gasteiger partial charge in [-0.25, -0.2) is 4.98 Å². The average Bonchev–Trinajstić information content (AvgIpc) is 3.37. The van der Waals surface area contributed by atoms with Crippen LogP contribution in [0.5, 0.6) is 0 Å². The van der Waals surface area contributed by atoms with Gasteiger partial charge in [0.1, 0.15) is 5.65 Å². The highest BCUT2D eigenvalue weighted by Crippen LogP contribution is 2.28. The van der Waals surface area contributed by atoms with E-state index in [9.17, 15) is 4.79 Å². The Morgan fingerprint density at radius 1 is 1.16 bits per heavy atom. The lowest BCUT2D eigenvalue weighted by molar-refractivity contribution is 0.0943. The van der Waals surface area contributed by atoms with E-state index >= 15 is 0 Å². The number of carbonyl (C=O) groups excluding carboxylic acids is 1. The van der Waals surface area contributed by atoms with Crippen molar-refractivity contribution in [1.82, 2.24) is 24.2 Å². The third kappa shape index (κ3) is 4.41. The SMILES string of the molecule is CN1CCN(CCC(=O)c2c(/C=C/c3cn4ccccc4n3)[nH]c3cc(Br)ccc23)CC1. The number of aromatic nitrogens is 3. The minimum absolute atomic E-state index is 0.173. The van der Waals surface area contributed by atoms with E-state index in [2.05, 4.69) is 42.7 Å². The van der Waals surface area contributed by atoms with Crippen LogP contribution in [0, 0.1) is 0 Å². The van der Waals surface area contributed by atoms with E-state index in [1.165, 1.54) is 0 Å². The maximum absolute atomic E-state index is 13.4. The van der Waals surface area contributed by atoms with Crippen LogP contribution in [0.1, 0.15) is 28.2 Å². The molecule has 5 rings (SSSR count). The Bertz CT molecular complexity index is 1260. The number of hydrogen-bond donors (Lipinski definition) is 1. The lowest BCUT2D eigenvalue weighted by Crippen LogP contribution is -2.45. The molecule has 1 aliphatic rings. The molecular formula is C25H26BrN5O. The summed E-state index contributed by atoms with van der Waals surface area (Å²) in [6, 6.07) is 12.0. The van der Waals surface area contributed by atoms with Crippen molar-refractivity contribution in [2.45, 2.75) is 6.42 Å². The second-order valence-electron chi connectivity index (χ2n) is 8.39. The van der Waals surface area contributed by atoms with Crippen LogP contribution < -0.4 is 0 Å². The highest BCUT2D eigenvalue weighted by atomic mass is 79.9. The third-order valence-corrected chi connectivity index (χ3v) is 6.62. The van der Waals surface area contributed by atoms with E-state index in [-0.39, 0.29) is 5.78 Å². The molecule has 0 atom stereocenters. The summed E-state index contributed by atoms with van der Waals surface area (Å²) in [5.41, 5.74) is 4.31. The van der Waals surface area contributed by atoms with Crippen LogP contribution >= 0.6 is 15.9 Å². The van der Waals surface area contributed by atoms with Crippen molar-refractivity contribution in [2.75, 3.05) is 39.8 Å². The maximum Gasteiger partial charge on any atom is 0.166 e. The van der Waals surface area contributed by atoms with Crippen molar-refractivity contribution in [2.24, 2.45) is 0 Å². The van der Waals surface area contributed by atoms with E-state index in [0.29, 0.717) is 6.42 Å². The molecule has 0 amide bonds. The third-order valence-electron chi connectivity index (χ3n) is 6.12. The Morgan fingerprint density at radius 3 is 2.81 bits per heavy atom. The number of H-pyrrole nitrogens is 1. The van der Waals surface area contributed by atoms with Crippen LogP contribution in [0.3, 0.4) is 0 Å². The fourth-order valence-corrected chi connectivity index (χ4v) is 4.64. The van der Waals surface area contributed by atoms with E-state index in [1.54, 1.807) is 0 Å². The Hall–Kier alpha value is -2.74. The van der Waals surface area contributed by atoms with Gasteiger partial charge >= 0.3 is 0 Å². The van der Waals surface area contributed by atoms with Crippen molar-refractivity contribution in [3.63, 3.8) is 0 Å². The van der Waals surface area contributed by atoms with Crippen LogP contribution in [-0.4, -0.2) is 69.7 Å². The van der Waals surface area contributed by atoms with Gasteiger partial charge in [-0.1, -0.05) is 28.1 Å². The van der Waals surface area contributed by atoms with Gasteiger partial charge in [0.25, 0.3) is 0 Å². The van der Waals surface area contributed by atoms with Crippen molar-refractivity contribution >= 4 is 50.4 Å². The van der Waals surface area contributed by atoms with Gasteiger partial charge in [-0.2, -0.15) is 0 Å². The number of ketones is 1. The summed E-state index contributed by atoms with van der Waals surface area (Å²) in [4.78, 5) is 26.2. The number of fused-ring (bicyclic) bond motifs is 2. The van der Waals surface area contributed by atoms with Gasteiger partial charge in [-0.15, -0.1) is 0 Å². The monoisotopic (exact) mass is 491 g/mol. The van der Waals surface area contributed by atoms with Gasteiger partial charge in [0, 0.05) is 66.9 Å². The number of piperazine rings is 1. The number of imidazole rings is 1. The fourth-order valence-electron chi connectivity index (χ4n) is 4.28. The molecule has 32 heavy (non-hydrogen) atoms. The van der Waals surface area contributed by atoms with Crippen LogP contribution in [0.2, 0.25) is 0 Å². The number of nitrogens with one attached hydrogen (secondary N) is 1. The first-order valence-electron chi connectivity index (χ1n) is 10.9. The zero-order chi connectivity index (χ0) is 22.1. The molecule has 1 aliphatic heterocycles. The lowest BCUT2D eigenvalue weighted by atomic mass is 10.0. The number of carbonyl (C=O) groups is 1. The summed E-state index contributed by atoms with van der Waals surface area (Å²) in [5, 5.41) is 0.964. The van der Waals surface area contributed by atoms with Gasteiger partial charge in [0.15, 0.2) is 5.78 Å². The van der Waals surface area contributed by atoms with Crippen molar-refractivity contribution in [3.05, 3.63) is 70.2 Å². The van der Waals surface area contributed by atoms with E-state index < -0.39 is 0 Å². The quantitative estimate of drug-likeness (QED) is 0.401. The zero-order valence-electron chi connectivity index (χ0n) is 18.1. The summed E-state index contributed by atoms with van der Waals surface area (Å²) >= 11 is 3.54. The molecule has 0 spiro atoms. The summed E-state index contributed by atoms with van der Waals surface area (Å²) < 4.78 is 2.97. The van der Waals surface area contributed by atoms with E-state index in [0.717, 1.165) is 70.7 Å². The van der Waals surface area contributed by atoms with Gasteiger partial charge < -0.3 is 19.2 Å². The molecule has 0 saturated carbocycles. The predicted octanol–water partition coefficient (Wildman–Crippen LogP) is 4.57. The topological polar surface area (TPSA) is 56.6 Å². The molecule has 6 nitrogen and oxygen atoms in total. The van der Waals surface area contributed by atoms with Crippen molar-refractivity contribution in [3.8, 4) is 0 Å². The highest BCUT2D eigenvalue weighted by molar-refractivity contribution is 9.10. The van der Waals surface area contributed by atoms with E-state index in [1.807, 2.05) is 65.3 Å².